The molecule has 0 atom stereocenters. The normalized spacial score (nSPS) is 14.4. The fraction of sp³-hybridized carbons (Fsp3) is 0.235. The maximum atomic E-state index is 13.9. The van der Waals surface area contributed by atoms with Gasteiger partial charge in [-0.2, -0.15) is 0 Å². The quantitative estimate of drug-likeness (QED) is 0.530. The minimum Gasteiger partial charge on any atom is -0.362 e. The second-order valence-corrected chi connectivity index (χ2v) is 7.15. The van der Waals surface area contributed by atoms with Gasteiger partial charge in [-0.05, 0) is 30.3 Å². The standard InChI is InChI=1S/C17H14BrClFN3O3/c18-11-1-3-14(20)13(9-11)17(24)22-7-5-21(6-8-22)15-4-2-12(19)10-16(15)23(25)26/h1-4,9-10H,5-8H2. The highest BCUT2D eigenvalue weighted by Gasteiger charge is 2.27. The molecule has 26 heavy (non-hydrogen) atoms. The van der Waals surface area contributed by atoms with Gasteiger partial charge in [-0.1, -0.05) is 27.5 Å². The second kappa shape index (κ2) is 7.59. The van der Waals surface area contributed by atoms with Gasteiger partial charge < -0.3 is 9.80 Å². The lowest BCUT2D eigenvalue weighted by atomic mass is 10.1. The Morgan fingerprint density at radius 2 is 1.85 bits per heavy atom. The van der Waals surface area contributed by atoms with E-state index in [-0.39, 0.29) is 11.3 Å². The summed E-state index contributed by atoms with van der Waals surface area (Å²) in [5, 5.41) is 11.5. The van der Waals surface area contributed by atoms with Crippen LogP contribution in [0.5, 0.6) is 0 Å². The van der Waals surface area contributed by atoms with Crippen LogP contribution in [0.15, 0.2) is 40.9 Å². The van der Waals surface area contributed by atoms with E-state index in [0.29, 0.717) is 41.4 Å². The van der Waals surface area contributed by atoms with Crippen LogP contribution < -0.4 is 4.90 Å². The minimum atomic E-state index is -0.575. The third kappa shape index (κ3) is 3.81. The highest BCUT2D eigenvalue weighted by atomic mass is 79.9. The fourth-order valence-corrected chi connectivity index (χ4v) is 3.42. The van der Waals surface area contributed by atoms with Crippen molar-refractivity contribution < 1.29 is 14.1 Å². The summed E-state index contributed by atoms with van der Waals surface area (Å²) in [7, 11) is 0. The van der Waals surface area contributed by atoms with E-state index in [1.807, 2.05) is 4.90 Å². The first-order valence-corrected chi connectivity index (χ1v) is 8.97. The van der Waals surface area contributed by atoms with Gasteiger partial charge in [0.2, 0.25) is 0 Å². The molecule has 0 spiro atoms. The Morgan fingerprint density at radius 1 is 1.15 bits per heavy atom. The molecule has 0 aromatic heterocycles. The molecule has 1 fully saturated rings. The largest absolute Gasteiger partial charge is 0.362 e. The molecule has 136 valence electrons. The first-order valence-electron chi connectivity index (χ1n) is 7.80. The number of hydrogen-bond acceptors (Lipinski definition) is 4. The highest BCUT2D eigenvalue weighted by Crippen LogP contribution is 2.31. The van der Waals surface area contributed by atoms with Crippen LogP contribution in [0.3, 0.4) is 0 Å². The van der Waals surface area contributed by atoms with Crippen molar-refractivity contribution in [2.24, 2.45) is 0 Å². The minimum absolute atomic E-state index is 0.00491. The maximum Gasteiger partial charge on any atom is 0.294 e. The van der Waals surface area contributed by atoms with Crippen molar-refractivity contribution in [1.29, 1.82) is 0 Å². The van der Waals surface area contributed by atoms with Gasteiger partial charge >= 0.3 is 0 Å². The molecule has 1 heterocycles. The number of carbonyl (C=O) groups is 1. The molecule has 0 unspecified atom stereocenters. The van der Waals surface area contributed by atoms with Crippen molar-refractivity contribution in [2.75, 3.05) is 31.1 Å². The van der Waals surface area contributed by atoms with Crippen molar-refractivity contribution in [3.63, 3.8) is 0 Å². The number of benzene rings is 2. The van der Waals surface area contributed by atoms with Crippen LogP contribution in [0, 0.1) is 15.9 Å². The average Bonchev–Trinajstić information content (AvgIpc) is 2.63. The molecule has 1 aliphatic rings. The topological polar surface area (TPSA) is 66.7 Å². The van der Waals surface area contributed by atoms with E-state index in [9.17, 15) is 19.3 Å². The lowest BCUT2D eigenvalue weighted by molar-refractivity contribution is -0.384. The lowest BCUT2D eigenvalue weighted by Gasteiger charge is -2.35. The summed E-state index contributed by atoms with van der Waals surface area (Å²) in [6, 6.07) is 8.73. The third-order valence-electron chi connectivity index (χ3n) is 4.20. The molecule has 9 heteroatoms. The molecule has 0 saturated carbocycles. The van der Waals surface area contributed by atoms with Crippen LogP contribution in [-0.4, -0.2) is 41.9 Å². The molecule has 0 N–H and O–H groups in total. The number of amides is 1. The highest BCUT2D eigenvalue weighted by molar-refractivity contribution is 9.10. The van der Waals surface area contributed by atoms with Crippen molar-refractivity contribution in [3.8, 4) is 0 Å². The monoisotopic (exact) mass is 441 g/mol. The Hall–Kier alpha value is -2.19. The molecular formula is C17H14BrClFN3O3. The SMILES string of the molecule is O=C(c1cc(Br)ccc1F)N1CCN(c2ccc(Cl)cc2[N+](=O)[O-])CC1. The van der Waals surface area contributed by atoms with E-state index in [1.165, 1.54) is 24.3 Å². The number of nitrogens with zero attached hydrogens (tertiary/aromatic N) is 3. The Labute approximate surface area is 162 Å². The Kier molecular flexibility index (Phi) is 5.43. The van der Waals surface area contributed by atoms with E-state index in [1.54, 1.807) is 17.0 Å². The third-order valence-corrected chi connectivity index (χ3v) is 4.93. The summed E-state index contributed by atoms with van der Waals surface area (Å²) in [5.74, 6) is -0.969. The van der Waals surface area contributed by atoms with Crippen LogP contribution in [0.25, 0.3) is 0 Å². The van der Waals surface area contributed by atoms with Gasteiger partial charge in [-0.15, -0.1) is 0 Å². The van der Waals surface area contributed by atoms with Gasteiger partial charge in [0, 0.05) is 41.7 Å². The molecule has 0 bridgehead atoms. The van der Waals surface area contributed by atoms with Gasteiger partial charge in [0.25, 0.3) is 11.6 Å². The summed E-state index contributed by atoms with van der Waals surface area (Å²) >= 11 is 9.08. The van der Waals surface area contributed by atoms with E-state index in [4.69, 9.17) is 11.6 Å². The molecule has 1 saturated heterocycles. The predicted octanol–water partition coefficient (Wildman–Crippen LogP) is 4.11. The summed E-state index contributed by atoms with van der Waals surface area (Å²) in [4.78, 5) is 26.7. The van der Waals surface area contributed by atoms with E-state index < -0.39 is 16.6 Å². The molecule has 0 aliphatic carbocycles. The molecule has 0 radical (unpaired) electrons. The molecular weight excluding hydrogens is 429 g/mol. The first kappa shape index (κ1) is 18.6. The molecule has 1 aliphatic heterocycles. The summed E-state index contributed by atoms with van der Waals surface area (Å²) in [6.07, 6.45) is 0. The number of rotatable bonds is 3. The summed E-state index contributed by atoms with van der Waals surface area (Å²) < 4.78 is 14.6. The summed E-state index contributed by atoms with van der Waals surface area (Å²) in [5.41, 5.74) is 0.390. The smallest absolute Gasteiger partial charge is 0.294 e. The van der Waals surface area contributed by atoms with Crippen LogP contribution in [0.2, 0.25) is 5.02 Å². The Morgan fingerprint density at radius 3 is 2.50 bits per heavy atom. The number of hydrogen-bond donors (Lipinski definition) is 0. The van der Waals surface area contributed by atoms with Crippen LogP contribution in [-0.2, 0) is 0 Å². The van der Waals surface area contributed by atoms with Gasteiger partial charge in [0.15, 0.2) is 0 Å². The van der Waals surface area contributed by atoms with E-state index >= 15 is 0 Å². The summed E-state index contributed by atoms with van der Waals surface area (Å²) in [6.45, 7) is 1.49. The molecule has 2 aromatic carbocycles. The number of halogens is 3. The van der Waals surface area contributed by atoms with Crippen LogP contribution in [0.4, 0.5) is 15.8 Å². The maximum absolute atomic E-state index is 13.9. The lowest BCUT2D eigenvalue weighted by Crippen LogP contribution is -2.49. The van der Waals surface area contributed by atoms with Crippen molar-refractivity contribution in [1.82, 2.24) is 4.90 Å². The zero-order valence-corrected chi connectivity index (χ0v) is 15.8. The zero-order chi connectivity index (χ0) is 18.8. The van der Waals surface area contributed by atoms with Gasteiger partial charge in [0.1, 0.15) is 11.5 Å². The number of nitro groups is 1. The average molecular weight is 443 g/mol. The number of piperazine rings is 1. The predicted molar refractivity (Wildman–Crippen MR) is 100 cm³/mol. The van der Waals surface area contributed by atoms with Crippen molar-refractivity contribution in [3.05, 3.63) is 67.4 Å². The van der Waals surface area contributed by atoms with Gasteiger partial charge in [-0.25, -0.2) is 4.39 Å². The van der Waals surface area contributed by atoms with E-state index in [0.717, 1.165) is 0 Å². The number of nitro benzene ring substituents is 1. The molecule has 6 nitrogen and oxygen atoms in total. The molecule has 2 aromatic rings. The Balaban J connectivity index is 1.75. The number of carbonyl (C=O) groups excluding carboxylic acids is 1. The fourth-order valence-electron chi connectivity index (χ4n) is 2.89. The second-order valence-electron chi connectivity index (χ2n) is 5.79. The zero-order valence-electron chi connectivity index (χ0n) is 13.5. The number of anilines is 1. The van der Waals surface area contributed by atoms with Crippen LogP contribution >= 0.6 is 27.5 Å². The van der Waals surface area contributed by atoms with Gasteiger partial charge in [-0.3, -0.25) is 14.9 Å². The molecule has 3 rings (SSSR count). The van der Waals surface area contributed by atoms with Gasteiger partial charge in [0.05, 0.1) is 10.5 Å². The van der Waals surface area contributed by atoms with Crippen molar-refractivity contribution >= 4 is 44.8 Å². The first-order chi connectivity index (χ1) is 12.4. The van der Waals surface area contributed by atoms with Crippen LogP contribution in [0.1, 0.15) is 10.4 Å². The molecule has 1 amide bonds. The van der Waals surface area contributed by atoms with Crippen molar-refractivity contribution in [2.45, 2.75) is 0 Å². The Bertz CT molecular complexity index is 872. The van der Waals surface area contributed by atoms with E-state index in [2.05, 4.69) is 15.9 Å².